The summed E-state index contributed by atoms with van der Waals surface area (Å²) >= 11 is 0. The Morgan fingerprint density at radius 3 is 2.38 bits per heavy atom. The lowest BCUT2D eigenvalue weighted by Gasteiger charge is -2.08. The first kappa shape index (κ1) is 9.76. The van der Waals surface area contributed by atoms with E-state index in [1.54, 1.807) is 6.07 Å². The molecule has 0 aliphatic heterocycles. The summed E-state index contributed by atoms with van der Waals surface area (Å²) in [6.45, 7) is 0. The Balaban J connectivity index is 2.94. The highest BCUT2D eigenvalue weighted by atomic mass is 19.4. The maximum Gasteiger partial charge on any atom is 0.573 e. The zero-order valence-electron chi connectivity index (χ0n) is 5.95. The number of hydrogen-bond acceptors (Lipinski definition) is 1. The second-order valence-corrected chi connectivity index (χ2v) is 2.04. The van der Waals surface area contributed by atoms with Crippen LogP contribution in [0.4, 0.5) is 22.0 Å². The third-order valence-corrected chi connectivity index (χ3v) is 1.06. The number of alkyl halides is 3. The van der Waals surface area contributed by atoms with E-state index in [1.807, 2.05) is 0 Å². The van der Waals surface area contributed by atoms with E-state index in [0.717, 1.165) is 0 Å². The molecule has 1 aromatic rings. The highest BCUT2D eigenvalue weighted by Crippen LogP contribution is 2.25. The molecule has 0 atom stereocenters. The van der Waals surface area contributed by atoms with Gasteiger partial charge in [0.25, 0.3) is 0 Å². The third-order valence-electron chi connectivity index (χ3n) is 1.06. The van der Waals surface area contributed by atoms with Crippen LogP contribution in [0.25, 0.3) is 0 Å². The molecule has 1 radical (unpaired) electrons. The Morgan fingerprint density at radius 2 is 1.85 bits per heavy atom. The van der Waals surface area contributed by atoms with Gasteiger partial charge in [0, 0.05) is 12.1 Å². The number of halogens is 5. The minimum atomic E-state index is -5.03. The maximum atomic E-state index is 12.5. The fourth-order valence-electron chi connectivity index (χ4n) is 0.632. The van der Waals surface area contributed by atoms with Gasteiger partial charge in [-0.15, -0.1) is 13.2 Å². The summed E-state index contributed by atoms with van der Waals surface area (Å²) in [5.74, 6) is -3.65. The average molecular weight is 197 g/mol. The van der Waals surface area contributed by atoms with Crippen LogP contribution in [-0.4, -0.2) is 6.36 Å². The molecular weight excluding hydrogens is 195 g/mol. The van der Waals surface area contributed by atoms with Gasteiger partial charge >= 0.3 is 6.36 Å². The fourth-order valence-corrected chi connectivity index (χ4v) is 0.632. The van der Waals surface area contributed by atoms with Gasteiger partial charge in [0.15, 0.2) is 11.6 Å². The van der Waals surface area contributed by atoms with Crippen molar-refractivity contribution in [2.24, 2.45) is 0 Å². The standard InChI is InChI=1S/C7H2F5O/c8-4-1-2-5(9)6(3-4)13-7(10,11)12/h2-3H. The van der Waals surface area contributed by atoms with Gasteiger partial charge in [-0.2, -0.15) is 0 Å². The van der Waals surface area contributed by atoms with E-state index in [1.165, 1.54) is 0 Å². The second kappa shape index (κ2) is 3.20. The van der Waals surface area contributed by atoms with E-state index in [-0.39, 0.29) is 6.07 Å². The van der Waals surface area contributed by atoms with Crippen molar-refractivity contribution < 1.29 is 26.7 Å². The molecule has 0 saturated carbocycles. The van der Waals surface area contributed by atoms with Crippen LogP contribution in [0.1, 0.15) is 0 Å². The van der Waals surface area contributed by atoms with E-state index in [4.69, 9.17) is 0 Å². The van der Waals surface area contributed by atoms with E-state index < -0.39 is 23.7 Å². The number of hydrogen-bond donors (Lipinski definition) is 0. The number of benzene rings is 1. The van der Waals surface area contributed by atoms with Crippen LogP contribution in [0, 0.1) is 17.7 Å². The molecule has 0 aromatic heterocycles. The summed E-state index contributed by atoms with van der Waals surface area (Å²) in [4.78, 5) is 0. The van der Waals surface area contributed by atoms with E-state index >= 15 is 0 Å². The molecule has 0 unspecified atom stereocenters. The summed E-state index contributed by atoms with van der Waals surface area (Å²) in [5.41, 5.74) is 0. The lowest BCUT2D eigenvalue weighted by Crippen LogP contribution is -2.18. The van der Waals surface area contributed by atoms with E-state index in [0.29, 0.717) is 6.07 Å². The predicted molar refractivity (Wildman–Crippen MR) is 31.9 cm³/mol. The lowest BCUT2D eigenvalue weighted by atomic mass is 10.3. The largest absolute Gasteiger partial charge is 0.573 e. The fraction of sp³-hybridized carbons (Fsp3) is 0.143. The van der Waals surface area contributed by atoms with Crippen LogP contribution < -0.4 is 4.74 Å². The van der Waals surface area contributed by atoms with E-state index in [9.17, 15) is 22.0 Å². The normalized spacial score (nSPS) is 11.5. The molecule has 13 heavy (non-hydrogen) atoms. The van der Waals surface area contributed by atoms with Gasteiger partial charge < -0.3 is 4.74 Å². The first-order valence-electron chi connectivity index (χ1n) is 3.01. The SMILES string of the molecule is Fc1[c]cc(F)c(OC(F)(F)F)c1. The van der Waals surface area contributed by atoms with Gasteiger partial charge in [0.05, 0.1) is 0 Å². The second-order valence-electron chi connectivity index (χ2n) is 2.04. The van der Waals surface area contributed by atoms with Gasteiger partial charge in [-0.1, -0.05) is 0 Å². The molecule has 0 aliphatic carbocycles. The van der Waals surface area contributed by atoms with Crippen molar-refractivity contribution in [3.8, 4) is 5.75 Å². The topological polar surface area (TPSA) is 9.23 Å². The van der Waals surface area contributed by atoms with Gasteiger partial charge in [0.2, 0.25) is 0 Å². The molecule has 6 heteroatoms. The molecule has 0 spiro atoms. The summed E-state index contributed by atoms with van der Waals surface area (Å²) in [6, 6.07) is 2.43. The number of ether oxygens (including phenoxy) is 1. The number of rotatable bonds is 1. The summed E-state index contributed by atoms with van der Waals surface area (Å²) in [6.07, 6.45) is -5.03. The molecule has 0 saturated heterocycles. The Labute approximate surface area is 69.7 Å². The van der Waals surface area contributed by atoms with Crippen molar-refractivity contribution in [1.29, 1.82) is 0 Å². The first-order chi connectivity index (χ1) is 5.88. The summed E-state index contributed by atoms with van der Waals surface area (Å²) in [7, 11) is 0. The van der Waals surface area contributed by atoms with Crippen LogP contribution in [0.2, 0.25) is 0 Å². The molecule has 1 aromatic carbocycles. The van der Waals surface area contributed by atoms with Gasteiger partial charge in [0.1, 0.15) is 5.82 Å². The van der Waals surface area contributed by atoms with Gasteiger partial charge in [-0.25, -0.2) is 8.78 Å². The van der Waals surface area contributed by atoms with Crippen molar-refractivity contribution in [3.63, 3.8) is 0 Å². The molecular formula is C7H2F5O. The molecule has 0 amide bonds. The maximum absolute atomic E-state index is 12.5. The molecule has 1 rings (SSSR count). The van der Waals surface area contributed by atoms with Crippen LogP contribution in [0.15, 0.2) is 12.1 Å². The molecule has 0 aliphatic rings. The minimum Gasteiger partial charge on any atom is -0.403 e. The van der Waals surface area contributed by atoms with E-state index in [2.05, 4.69) is 4.74 Å². The lowest BCUT2D eigenvalue weighted by molar-refractivity contribution is -0.275. The van der Waals surface area contributed by atoms with Crippen molar-refractivity contribution in [3.05, 3.63) is 29.8 Å². The minimum absolute atomic E-state index is 0.267. The third kappa shape index (κ3) is 2.89. The monoisotopic (exact) mass is 197 g/mol. The van der Waals surface area contributed by atoms with Gasteiger partial charge in [-0.05, 0) is 6.07 Å². The predicted octanol–water partition coefficient (Wildman–Crippen LogP) is 2.66. The quantitative estimate of drug-likeness (QED) is 0.629. The van der Waals surface area contributed by atoms with Crippen LogP contribution in [-0.2, 0) is 0 Å². The molecule has 0 fully saturated rings. The molecule has 0 N–H and O–H groups in total. The van der Waals surface area contributed by atoms with Crippen LogP contribution in [0.5, 0.6) is 5.75 Å². The zero-order valence-corrected chi connectivity index (χ0v) is 5.95. The van der Waals surface area contributed by atoms with Crippen LogP contribution in [0.3, 0.4) is 0 Å². The van der Waals surface area contributed by atoms with Gasteiger partial charge in [-0.3, -0.25) is 0 Å². The molecule has 71 valence electrons. The molecule has 1 nitrogen and oxygen atoms in total. The van der Waals surface area contributed by atoms with Crippen LogP contribution >= 0.6 is 0 Å². The Bertz CT molecular complexity index is 306. The Kier molecular flexibility index (Phi) is 2.40. The Morgan fingerprint density at radius 1 is 1.23 bits per heavy atom. The summed E-state index contributed by atoms with van der Waals surface area (Å²) < 4.78 is 62.5. The first-order valence-corrected chi connectivity index (χ1v) is 3.01. The molecule has 0 heterocycles. The Hall–Kier alpha value is -1.33. The zero-order chi connectivity index (χ0) is 10.1. The van der Waals surface area contributed by atoms with Crippen molar-refractivity contribution in [1.82, 2.24) is 0 Å². The highest BCUT2D eigenvalue weighted by molar-refractivity contribution is 5.24. The highest BCUT2D eigenvalue weighted by Gasteiger charge is 2.32. The molecule has 0 bridgehead atoms. The van der Waals surface area contributed by atoms with Crippen molar-refractivity contribution >= 4 is 0 Å². The summed E-state index contributed by atoms with van der Waals surface area (Å²) in [5, 5.41) is 0. The smallest absolute Gasteiger partial charge is 0.403 e. The average Bonchev–Trinajstić information content (AvgIpc) is 1.94. The van der Waals surface area contributed by atoms with Crippen molar-refractivity contribution in [2.75, 3.05) is 0 Å². The van der Waals surface area contributed by atoms with Crippen molar-refractivity contribution in [2.45, 2.75) is 6.36 Å².